The van der Waals surface area contributed by atoms with Gasteiger partial charge in [-0.25, -0.2) is 4.68 Å². The van der Waals surface area contributed by atoms with Crippen molar-refractivity contribution in [3.05, 3.63) is 17.5 Å². The molecule has 0 radical (unpaired) electrons. The van der Waals surface area contributed by atoms with Gasteiger partial charge in [-0.05, 0) is 49.1 Å². The topological polar surface area (TPSA) is 85.8 Å². The number of hydrogen-bond acceptors (Lipinski definition) is 7. The molecule has 0 N–H and O–H groups in total. The summed E-state index contributed by atoms with van der Waals surface area (Å²) in [5.41, 5.74) is 0. The molecule has 8 heteroatoms. The lowest BCUT2D eigenvalue weighted by atomic mass is 10.2. The predicted octanol–water partition coefficient (Wildman–Crippen LogP) is 1.68. The molecule has 2 fully saturated rings. The van der Waals surface area contributed by atoms with E-state index >= 15 is 0 Å². The minimum Gasteiger partial charge on any atom is -0.339 e. The summed E-state index contributed by atoms with van der Waals surface area (Å²) in [6.07, 6.45) is 5.60. The summed E-state index contributed by atoms with van der Waals surface area (Å²) >= 11 is 0. The number of aromatic nitrogens is 6. The van der Waals surface area contributed by atoms with Crippen LogP contribution in [0.15, 0.2) is 4.52 Å². The summed E-state index contributed by atoms with van der Waals surface area (Å²) in [5, 5.41) is 16.2. The lowest BCUT2D eigenvalue weighted by Crippen LogP contribution is -2.25. The van der Waals surface area contributed by atoms with Crippen molar-refractivity contribution < 1.29 is 4.52 Å². The van der Waals surface area contributed by atoms with Gasteiger partial charge in [0.1, 0.15) is 0 Å². The van der Waals surface area contributed by atoms with Crippen molar-refractivity contribution in [2.45, 2.75) is 64.1 Å². The van der Waals surface area contributed by atoms with Crippen molar-refractivity contribution >= 4 is 0 Å². The normalized spacial score (nSPS) is 22.5. The summed E-state index contributed by atoms with van der Waals surface area (Å²) in [5.74, 6) is 3.07. The molecule has 1 aliphatic carbocycles. The Labute approximate surface area is 128 Å². The monoisotopic (exact) mass is 303 g/mol. The average Bonchev–Trinajstić information content (AvgIpc) is 2.92. The Morgan fingerprint density at radius 3 is 3.00 bits per heavy atom. The van der Waals surface area contributed by atoms with Gasteiger partial charge in [0.05, 0.1) is 12.6 Å². The van der Waals surface area contributed by atoms with Crippen LogP contribution in [0.2, 0.25) is 0 Å². The Balaban J connectivity index is 1.49. The maximum absolute atomic E-state index is 5.41. The van der Waals surface area contributed by atoms with Crippen LogP contribution >= 0.6 is 0 Å². The van der Waals surface area contributed by atoms with Gasteiger partial charge < -0.3 is 4.52 Å². The molecule has 0 spiro atoms. The summed E-state index contributed by atoms with van der Waals surface area (Å²) < 4.78 is 7.30. The summed E-state index contributed by atoms with van der Waals surface area (Å²) in [6, 6.07) is 0.225. The number of aryl methyl sites for hydroxylation is 1. The maximum Gasteiger partial charge on any atom is 0.229 e. The highest BCUT2D eigenvalue weighted by Gasteiger charge is 2.34. The van der Waals surface area contributed by atoms with Crippen LogP contribution in [0.1, 0.15) is 68.5 Å². The molecule has 118 valence electrons. The highest BCUT2D eigenvalue weighted by molar-refractivity contribution is 5.05. The van der Waals surface area contributed by atoms with Gasteiger partial charge >= 0.3 is 0 Å². The van der Waals surface area contributed by atoms with E-state index < -0.39 is 0 Å². The molecule has 0 aromatic carbocycles. The van der Waals surface area contributed by atoms with Crippen LogP contribution in [0.4, 0.5) is 0 Å². The second-order valence-electron chi connectivity index (χ2n) is 6.21. The van der Waals surface area contributed by atoms with E-state index in [2.05, 4.69) is 37.5 Å². The van der Waals surface area contributed by atoms with Gasteiger partial charge in [-0.3, -0.25) is 4.90 Å². The Morgan fingerprint density at radius 1 is 1.27 bits per heavy atom. The van der Waals surface area contributed by atoms with E-state index in [4.69, 9.17) is 4.52 Å². The van der Waals surface area contributed by atoms with Gasteiger partial charge in [0.2, 0.25) is 5.89 Å². The van der Waals surface area contributed by atoms with E-state index in [-0.39, 0.29) is 6.04 Å². The van der Waals surface area contributed by atoms with Gasteiger partial charge in [0.25, 0.3) is 0 Å². The second kappa shape index (κ2) is 5.75. The van der Waals surface area contributed by atoms with Gasteiger partial charge in [-0.15, -0.1) is 5.10 Å². The highest BCUT2D eigenvalue weighted by Crippen LogP contribution is 2.40. The Morgan fingerprint density at radius 2 is 2.18 bits per heavy atom. The molecular formula is C14H21N7O. The van der Waals surface area contributed by atoms with E-state index in [1.165, 1.54) is 12.8 Å². The summed E-state index contributed by atoms with van der Waals surface area (Å²) in [4.78, 5) is 6.98. The molecule has 0 amide bonds. The largest absolute Gasteiger partial charge is 0.339 e. The van der Waals surface area contributed by atoms with E-state index in [0.717, 1.165) is 56.4 Å². The SMILES string of the molecule is CCCn1nnnc1CN1CCC[C@H]1c1noc(C2CC2)n1. The summed E-state index contributed by atoms with van der Waals surface area (Å²) in [7, 11) is 0. The predicted molar refractivity (Wildman–Crippen MR) is 76.8 cm³/mol. The Kier molecular flexibility index (Phi) is 3.61. The number of likely N-dealkylation sites (tertiary alicyclic amines) is 1. The molecule has 4 rings (SSSR count). The van der Waals surface area contributed by atoms with Crippen LogP contribution < -0.4 is 0 Å². The minimum atomic E-state index is 0.225. The molecule has 8 nitrogen and oxygen atoms in total. The molecular weight excluding hydrogens is 282 g/mol. The third kappa shape index (κ3) is 2.63. The average molecular weight is 303 g/mol. The van der Waals surface area contributed by atoms with E-state index in [1.54, 1.807) is 0 Å². The van der Waals surface area contributed by atoms with Crippen LogP contribution in [0.3, 0.4) is 0 Å². The molecule has 1 saturated carbocycles. The van der Waals surface area contributed by atoms with Crippen LogP contribution in [0.5, 0.6) is 0 Å². The van der Waals surface area contributed by atoms with Gasteiger partial charge in [-0.2, -0.15) is 4.98 Å². The number of nitrogens with zero attached hydrogens (tertiary/aromatic N) is 7. The zero-order valence-corrected chi connectivity index (χ0v) is 12.9. The first-order valence-corrected chi connectivity index (χ1v) is 8.17. The zero-order chi connectivity index (χ0) is 14.9. The molecule has 3 heterocycles. The van der Waals surface area contributed by atoms with Gasteiger partial charge in [0, 0.05) is 12.5 Å². The fourth-order valence-corrected chi connectivity index (χ4v) is 3.09. The van der Waals surface area contributed by atoms with Crippen LogP contribution in [0, 0.1) is 0 Å². The molecule has 0 bridgehead atoms. The van der Waals surface area contributed by atoms with Crippen LogP contribution in [-0.4, -0.2) is 41.8 Å². The van der Waals surface area contributed by atoms with Crippen molar-refractivity contribution in [1.29, 1.82) is 0 Å². The van der Waals surface area contributed by atoms with E-state index in [1.807, 2.05) is 4.68 Å². The number of rotatable bonds is 6. The fourth-order valence-electron chi connectivity index (χ4n) is 3.09. The highest BCUT2D eigenvalue weighted by atomic mass is 16.5. The number of hydrogen-bond donors (Lipinski definition) is 0. The summed E-state index contributed by atoms with van der Waals surface area (Å²) in [6.45, 7) is 4.75. The molecule has 2 aliphatic rings. The smallest absolute Gasteiger partial charge is 0.229 e. The standard InChI is InChI=1S/C14H21N7O/c1-2-7-21-12(16-18-19-21)9-20-8-3-4-11(20)13-15-14(22-17-13)10-5-6-10/h10-11H,2-9H2,1H3/t11-/m0/s1. The third-order valence-electron chi connectivity index (χ3n) is 4.43. The Hall–Kier alpha value is -1.83. The molecule has 0 unspecified atom stereocenters. The number of tetrazole rings is 1. The Bertz CT molecular complexity index is 633. The van der Waals surface area contributed by atoms with Crippen molar-refractivity contribution in [3.63, 3.8) is 0 Å². The molecule has 1 aliphatic heterocycles. The first kappa shape index (κ1) is 13.8. The van der Waals surface area contributed by atoms with Crippen molar-refractivity contribution in [1.82, 2.24) is 35.2 Å². The minimum absolute atomic E-state index is 0.225. The van der Waals surface area contributed by atoms with Crippen molar-refractivity contribution in [3.8, 4) is 0 Å². The molecule has 1 saturated heterocycles. The lowest BCUT2D eigenvalue weighted by Gasteiger charge is -2.20. The molecule has 2 aromatic heterocycles. The van der Waals surface area contributed by atoms with E-state index in [9.17, 15) is 0 Å². The van der Waals surface area contributed by atoms with E-state index in [0.29, 0.717) is 5.92 Å². The van der Waals surface area contributed by atoms with Crippen LogP contribution in [-0.2, 0) is 13.1 Å². The van der Waals surface area contributed by atoms with Gasteiger partial charge in [0.15, 0.2) is 11.6 Å². The molecule has 1 atom stereocenters. The second-order valence-corrected chi connectivity index (χ2v) is 6.21. The van der Waals surface area contributed by atoms with Gasteiger partial charge in [-0.1, -0.05) is 12.1 Å². The fraction of sp³-hybridized carbons (Fsp3) is 0.786. The first-order valence-electron chi connectivity index (χ1n) is 8.17. The first-order chi connectivity index (χ1) is 10.8. The van der Waals surface area contributed by atoms with Crippen LogP contribution in [0.25, 0.3) is 0 Å². The van der Waals surface area contributed by atoms with Crippen molar-refractivity contribution in [2.24, 2.45) is 0 Å². The molecule has 2 aromatic rings. The third-order valence-corrected chi connectivity index (χ3v) is 4.43. The zero-order valence-electron chi connectivity index (χ0n) is 12.9. The molecule has 22 heavy (non-hydrogen) atoms. The lowest BCUT2D eigenvalue weighted by molar-refractivity contribution is 0.224. The quantitative estimate of drug-likeness (QED) is 0.802. The maximum atomic E-state index is 5.41. The van der Waals surface area contributed by atoms with Crippen molar-refractivity contribution in [2.75, 3.05) is 6.54 Å².